The number of benzene rings is 1. The van der Waals surface area contributed by atoms with Crippen molar-refractivity contribution in [1.82, 2.24) is 19.9 Å². The highest BCUT2D eigenvalue weighted by Gasteiger charge is 2.43. The van der Waals surface area contributed by atoms with Crippen molar-refractivity contribution >= 4 is 5.91 Å². The van der Waals surface area contributed by atoms with Gasteiger partial charge in [0.05, 0.1) is 19.4 Å². The number of pyridine rings is 1. The highest BCUT2D eigenvalue weighted by atomic mass is 16.5. The lowest BCUT2D eigenvalue weighted by atomic mass is 9.83. The lowest BCUT2D eigenvalue weighted by Gasteiger charge is -2.44. The molecule has 1 spiro atoms. The first-order valence-electron chi connectivity index (χ1n) is 10.5. The smallest absolute Gasteiger partial charge is 0.259 e. The molecule has 0 N–H and O–H groups in total. The van der Waals surface area contributed by atoms with E-state index in [2.05, 4.69) is 9.97 Å². The number of rotatable bonds is 3. The highest BCUT2D eigenvalue weighted by molar-refractivity contribution is 5.96. The fourth-order valence-electron chi connectivity index (χ4n) is 4.47. The van der Waals surface area contributed by atoms with Crippen molar-refractivity contribution in [3.8, 4) is 17.3 Å². The molecular formula is C24H24N4O3. The average molecular weight is 416 g/mol. The minimum Gasteiger partial charge on any atom is -0.480 e. The zero-order chi connectivity index (χ0) is 21.3. The molecule has 1 fully saturated rings. The summed E-state index contributed by atoms with van der Waals surface area (Å²) in [5.41, 5.74) is 3.11. The van der Waals surface area contributed by atoms with Crippen LogP contribution < -0.4 is 4.74 Å². The third kappa shape index (κ3) is 3.55. The summed E-state index contributed by atoms with van der Waals surface area (Å²) in [4.78, 5) is 28.6. The van der Waals surface area contributed by atoms with Crippen molar-refractivity contribution in [2.45, 2.75) is 24.9 Å². The second-order valence-electron chi connectivity index (χ2n) is 7.88. The molecule has 0 atom stereocenters. The molecule has 0 saturated carbocycles. The molecule has 0 radical (unpaired) electrons. The zero-order valence-corrected chi connectivity index (χ0v) is 17.5. The first-order chi connectivity index (χ1) is 15.2. The molecule has 1 saturated heterocycles. The van der Waals surface area contributed by atoms with Crippen molar-refractivity contribution in [2.75, 3.05) is 26.8 Å². The minimum atomic E-state index is -0.476. The standard InChI is InChI=1S/C24H24N4O3/c1-30-22-19(8-5-12-25-22)23(29)28-13-10-24(11-14-28)20-18(9-15-31-24)16-26-21(27-20)17-6-3-2-4-7-17/h2-8,12,16H,9-11,13-15H2,1H3. The second kappa shape index (κ2) is 8.07. The van der Waals surface area contributed by atoms with Crippen molar-refractivity contribution < 1.29 is 14.3 Å². The second-order valence-corrected chi connectivity index (χ2v) is 7.88. The number of ether oxygens (including phenoxy) is 2. The van der Waals surface area contributed by atoms with Crippen LogP contribution in [0, 0.1) is 0 Å². The van der Waals surface area contributed by atoms with Crippen LogP contribution in [-0.4, -0.2) is 52.6 Å². The van der Waals surface area contributed by atoms with E-state index in [1.165, 1.54) is 7.11 Å². The molecule has 2 aliphatic heterocycles. The number of hydrogen-bond acceptors (Lipinski definition) is 6. The van der Waals surface area contributed by atoms with Gasteiger partial charge in [0.25, 0.3) is 5.91 Å². The predicted molar refractivity (Wildman–Crippen MR) is 115 cm³/mol. The van der Waals surface area contributed by atoms with Gasteiger partial charge < -0.3 is 14.4 Å². The molecular weight excluding hydrogens is 392 g/mol. The highest BCUT2D eigenvalue weighted by Crippen LogP contribution is 2.41. The maximum Gasteiger partial charge on any atom is 0.259 e. The van der Waals surface area contributed by atoms with Gasteiger partial charge in [-0.25, -0.2) is 15.0 Å². The van der Waals surface area contributed by atoms with Gasteiger partial charge in [0.15, 0.2) is 5.82 Å². The van der Waals surface area contributed by atoms with E-state index < -0.39 is 5.60 Å². The Kier molecular flexibility index (Phi) is 5.11. The molecule has 7 nitrogen and oxygen atoms in total. The minimum absolute atomic E-state index is 0.0662. The van der Waals surface area contributed by atoms with Crippen LogP contribution in [0.1, 0.15) is 34.5 Å². The molecule has 0 unspecified atom stereocenters. The summed E-state index contributed by atoms with van der Waals surface area (Å²) >= 11 is 0. The Balaban J connectivity index is 1.40. The summed E-state index contributed by atoms with van der Waals surface area (Å²) in [5.74, 6) is 0.999. The maximum atomic E-state index is 13.1. The third-order valence-electron chi connectivity index (χ3n) is 6.13. The molecule has 1 aromatic carbocycles. The van der Waals surface area contributed by atoms with E-state index >= 15 is 0 Å². The predicted octanol–water partition coefficient (Wildman–Crippen LogP) is 3.25. The van der Waals surface area contributed by atoms with Crippen LogP contribution in [0.15, 0.2) is 54.9 Å². The van der Waals surface area contributed by atoms with E-state index in [0.29, 0.717) is 49.8 Å². The van der Waals surface area contributed by atoms with Crippen LogP contribution in [0.25, 0.3) is 11.4 Å². The number of amides is 1. The lowest BCUT2D eigenvalue weighted by molar-refractivity contribution is -0.0967. The summed E-state index contributed by atoms with van der Waals surface area (Å²) in [7, 11) is 1.53. The molecule has 0 aliphatic carbocycles. The summed E-state index contributed by atoms with van der Waals surface area (Å²) < 4.78 is 11.6. The summed E-state index contributed by atoms with van der Waals surface area (Å²) in [6.07, 6.45) is 5.76. The van der Waals surface area contributed by atoms with E-state index in [9.17, 15) is 4.79 Å². The van der Waals surface area contributed by atoms with Crippen molar-refractivity contribution in [3.05, 3.63) is 71.7 Å². The Hall–Kier alpha value is -3.32. The molecule has 158 valence electrons. The van der Waals surface area contributed by atoms with Gasteiger partial charge in [-0.1, -0.05) is 30.3 Å². The van der Waals surface area contributed by atoms with Crippen molar-refractivity contribution in [3.63, 3.8) is 0 Å². The fourth-order valence-corrected chi connectivity index (χ4v) is 4.47. The van der Waals surface area contributed by atoms with Crippen LogP contribution in [0.3, 0.4) is 0 Å². The van der Waals surface area contributed by atoms with Crippen LogP contribution in [-0.2, 0) is 16.8 Å². The van der Waals surface area contributed by atoms with E-state index in [0.717, 1.165) is 23.2 Å². The molecule has 1 amide bonds. The van der Waals surface area contributed by atoms with Crippen molar-refractivity contribution in [1.29, 1.82) is 0 Å². The third-order valence-corrected chi connectivity index (χ3v) is 6.13. The molecule has 31 heavy (non-hydrogen) atoms. The van der Waals surface area contributed by atoms with Gasteiger partial charge in [-0.2, -0.15) is 0 Å². The summed E-state index contributed by atoms with van der Waals surface area (Å²) in [6, 6.07) is 13.5. The zero-order valence-electron chi connectivity index (χ0n) is 17.5. The molecule has 4 heterocycles. The Bertz CT molecular complexity index is 1090. The number of piperidine rings is 1. The number of aromatic nitrogens is 3. The number of fused-ring (bicyclic) bond motifs is 2. The van der Waals surface area contributed by atoms with E-state index in [1.807, 2.05) is 41.4 Å². The first-order valence-corrected chi connectivity index (χ1v) is 10.5. The Morgan fingerprint density at radius 2 is 1.90 bits per heavy atom. The number of carbonyl (C=O) groups is 1. The van der Waals surface area contributed by atoms with Crippen LogP contribution in [0.5, 0.6) is 5.88 Å². The van der Waals surface area contributed by atoms with Gasteiger partial charge in [-0.3, -0.25) is 4.79 Å². The summed E-state index contributed by atoms with van der Waals surface area (Å²) in [5, 5.41) is 0. The van der Waals surface area contributed by atoms with E-state index in [4.69, 9.17) is 14.5 Å². The Morgan fingerprint density at radius 3 is 2.68 bits per heavy atom. The maximum absolute atomic E-state index is 13.1. The van der Waals surface area contributed by atoms with Gasteiger partial charge in [0.2, 0.25) is 5.88 Å². The normalized spacial score (nSPS) is 17.3. The lowest BCUT2D eigenvalue weighted by Crippen LogP contribution is -2.49. The molecule has 5 rings (SSSR count). The molecule has 0 bridgehead atoms. The van der Waals surface area contributed by atoms with E-state index in [-0.39, 0.29) is 5.91 Å². The number of hydrogen-bond donors (Lipinski definition) is 0. The fraction of sp³-hybridized carbons (Fsp3) is 0.333. The Labute approximate surface area is 181 Å². The first kappa shape index (κ1) is 19.6. The molecule has 7 heteroatoms. The van der Waals surface area contributed by atoms with Crippen molar-refractivity contribution in [2.24, 2.45) is 0 Å². The van der Waals surface area contributed by atoms with Crippen LogP contribution in [0.2, 0.25) is 0 Å². The SMILES string of the molecule is COc1ncccc1C(=O)N1CCC2(CC1)OCCc1cnc(-c3ccccc3)nc12. The largest absolute Gasteiger partial charge is 0.480 e. The quantitative estimate of drug-likeness (QED) is 0.652. The number of likely N-dealkylation sites (tertiary alicyclic amines) is 1. The average Bonchev–Trinajstić information content (AvgIpc) is 2.85. The van der Waals surface area contributed by atoms with Crippen LogP contribution >= 0.6 is 0 Å². The molecule has 2 aromatic heterocycles. The topological polar surface area (TPSA) is 77.4 Å². The number of nitrogens with zero attached hydrogens (tertiary/aromatic N) is 4. The molecule has 3 aromatic rings. The van der Waals surface area contributed by atoms with Gasteiger partial charge in [-0.15, -0.1) is 0 Å². The summed E-state index contributed by atoms with van der Waals surface area (Å²) in [6.45, 7) is 1.81. The van der Waals surface area contributed by atoms with Gasteiger partial charge in [0.1, 0.15) is 11.2 Å². The monoisotopic (exact) mass is 416 g/mol. The van der Waals surface area contributed by atoms with E-state index in [1.54, 1.807) is 18.3 Å². The number of carbonyl (C=O) groups excluding carboxylic acids is 1. The number of methoxy groups -OCH3 is 1. The Morgan fingerprint density at radius 1 is 1.10 bits per heavy atom. The van der Waals surface area contributed by atoms with Gasteiger partial charge >= 0.3 is 0 Å². The van der Waals surface area contributed by atoms with Crippen LogP contribution in [0.4, 0.5) is 0 Å². The van der Waals surface area contributed by atoms with Gasteiger partial charge in [-0.05, 0) is 37.0 Å². The van der Waals surface area contributed by atoms with Gasteiger partial charge in [0, 0.05) is 31.0 Å². The molecule has 2 aliphatic rings.